The third-order valence-electron chi connectivity index (χ3n) is 4.28. The highest BCUT2D eigenvalue weighted by Gasteiger charge is 2.15. The van der Waals surface area contributed by atoms with Gasteiger partial charge in [-0.25, -0.2) is 0 Å². The Bertz CT molecular complexity index is 890. The number of aryl methyl sites for hydroxylation is 1. The van der Waals surface area contributed by atoms with Crippen molar-refractivity contribution in [1.29, 1.82) is 0 Å². The number of hydrogen-bond donors (Lipinski definition) is 1. The van der Waals surface area contributed by atoms with Crippen LogP contribution in [0.5, 0.6) is 17.2 Å². The van der Waals surface area contributed by atoms with Crippen molar-refractivity contribution in [3.05, 3.63) is 59.4 Å². The van der Waals surface area contributed by atoms with Gasteiger partial charge in [-0.05, 0) is 35.4 Å². The lowest BCUT2D eigenvalue weighted by molar-refractivity contribution is 0.0821. The molecule has 3 rings (SSSR count). The number of methoxy groups -OCH3 is 2. The Kier molecular flexibility index (Phi) is 6.44. The van der Waals surface area contributed by atoms with E-state index >= 15 is 0 Å². The van der Waals surface area contributed by atoms with Gasteiger partial charge in [0.05, 0.1) is 20.8 Å². The number of tetrazole rings is 1. The number of aliphatic hydroxyl groups excluding tert-OH is 1. The molecule has 0 bridgehead atoms. The predicted molar refractivity (Wildman–Crippen MR) is 103 cm³/mol. The van der Waals surface area contributed by atoms with Crippen molar-refractivity contribution < 1.29 is 19.3 Å². The van der Waals surface area contributed by atoms with Crippen LogP contribution in [0, 0.1) is 6.92 Å². The van der Waals surface area contributed by atoms with Gasteiger partial charge < -0.3 is 19.3 Å². The molecular weight excluding hydrogens is 360 g/mol. The molecule has 0 saturated heterocycles. The summed E-state index contributed by atoms with van der Waals surface area (Å²) >= 11 is 0. The molecule has 0 aliphatic carbocycles. The Morgan fingerprint density at radius 1 is 1.04 bits per heavy atom. The summed E-state index contributed by atoms with van der Waals surface area (Å²) in [4.78, 5) is 1.38. The number of ether oxygens (including phenoxy) is 3. The van der Waals surface area contributed by atoms with Gasteiger partial charge in [-0.2, -0.15) is 4.80 Å². The Balaban J connectivity index is 1.58. The molecule has 148 valence electrons. The topological polar surface area (TPSA) is 91.5 Å². The van der Waals surface area contributed by atoms with Crippen molar-refractivity contribution in [2.75, 3.05) is 20.8 Å². The molecule has 3 aromatic rings. The fourth-order valence-corrected chi connectivity index (χ4v) is 2.78. The first kappa shape index (κ1) is 19.6. The van der Waals surface area contributed by atoms with E-state index in [0.29, 0.717) is 29.5 Å². The third-order valence-corrected chi connectivity index (χ3v) is 4.28. The molecule has 1 N–H and O–H groups in total. The molecule has 2 aromatic carbocycles. The number of aromatic nitrogens is 4. The van der Waals surface area contributed by atoms with Crippen LogP contribution in [0.2, 0.25) is 0 Å². The first-order chi connectivity index (χ1) is 13.6. The van der Waals surface area contributed by atoms with Gasteiger partial charge in [-0.3, -0.25) is 0 Å². The van der Waals surface area contributed by atoms with Crippen molar-refractivity contribution in [3.8, 4) is 17.2 Å². The molecule has 0 spiro atoms. The molecule has 0 saturated carbocycles. The minimum absolute atomic E-state index is 0.0331. The van der Waals surface area contributed by atoms with E-state index in [4.69, 9.17) is 14.2 Å². The Morgan fingerprint density at radius 2 is 1.75 bits per heavy atom. The van der Waals surface area contributed by atoms with Gasteiger partial charge in [-0.1, -0.05) is 30.3 Å². The summed E-state index contributed by atoms with van der Waals surface area (Å²) in [5.41, 5.74) is 2.33. The van der Waals surface area contributed by atoms with Crippen LogP contribution in [0.15, 0.2) is 42.5 Å². The molecule has 1 heterocycles. The van der Waals surface area contributed by atoms with E-state index in [0.717, 1.165) is 5.56 Å². The van der Waals surface area contributed by atoms with E-state index in [1.165, 1.54) is 10.4 Å². The molecule has 0 unspecified atom stereocenters. The normalized spacial score (nSPS) is 11.9. The van der Waals surface area contributed by atoms with Gasteiger partial charge >= 0.3 is 0 Å². The first-order valence-electron chi connectivity index (χ1n) is 8.93. The maximum Gasteiger partial charge on any atom is 0.203 e. The van der Waals surface area contributed by atoms with Gasteiger partial charge in [0.15, 0.2) is 17.3 Å². The summed E-state index contributed by atoms with van der Waals surface area (Å²) in [6, 6.07) is 13.4. The standard InChI is InChI=1S/C20H24N4O4/c1-14-7-4-5-8-15(14)11-19-21-23-24(22-19)12-16(25)13-28-20-17(26-2)9-6-10-18(20)27-3/h4-10,16,25H,11-13H2,1-3H3/t16-/m0/s1. The van der Waals surface area contributed by atoms with Crippen molar-refractivity contribution in [1.82, 2.24) is 20.2 Å². The van der Waals surface area contributed by atoms with E-state index in [-0.39, 0.29) is 13.2 Å². The Labute approximate surface area is 163 Å². The van der Waals surface area contributed by atoms with Gasteiger partial charge in [0.2, 0.25) is 5.75 Å². The Hall–Kier alpha value is -3.13. The molecule has 0 aliphatic rings. The maximum absolute atomic E-state index is 10.3. The molecule has 28 heavy (non-hydrogen) atoms. The highest BCUT2D eigenvalue weighted by Crippen LogP contribution is 2.36. The van der Waals surface area contributed by atoms with Crippen LogP contribution in [0.4, 0.5) is 0 Å². The summed E-state index contributed by atoms with van der Waals surface area (Å²) < 4.78 is 16.3. The summed E-state index contributed by atoms with van der Waals surface area (Å²) in [6.45, 7) is 2.25. The lowest BCUT2D eigenvalue weighted by Gasteiger charge is -2.16. The van der Waals surface area contributed by atoms with Crippen LogP contribution >= 0.6 is 0 Å². The minimum atomic E-state index is -0.824. The average Bonchev–Trinajstić information content (AvgIpc) is 3.14. The summed E-state index contributed by atoms with van der Waals surface area (Å²) in [6.07, 6.45) is -0.229. The number of para-hydroxylation sites is 1. The lowest BCUT2D eigenvalue weighted by Crippen LogP contribution is -2.25. The number of hydrogen-bond acceptors (Lipinski definition) is 7. The van der Waals surface area contributed by atoms with Gasteiger partial charge in [0.1, 0.15) is 12.7 Å². The monoisotopic (exact) mass is 384 g/mol. The third kappa shape index (κ3) is 4.77. The zero-order chi connectivity index (χ0) is 19.9. The van der Waals surface area contributed by atoms with Gasteiger partial charge in [0, 0.05) is 6.42 Å². The van der Waals surface area contributed by atoms with Gasteiger partial charge in [-0.15, -0.1) is 10.2 Å². The quantitative estimate of drug-likeness (QED) is 0.603. The highest BCUT2D eigenvalue weighted by molar-refractivity contribution is 5.51. The van der Waals surface area contributed by atoms with Crippen LogP contribution in [0.1, 0.15) is 17.0 Å². The lowest BCUT2D eigenvalue weighted by atomic mass is 10.1. The minimum Gasteiger partial charge on any atom is -0.493 e. The van der Waals surface area contributed by atoms with Crippen LogP contribution < -0.4 is 14.2 Å². The maximum atomic E-state index is 10.3. The number of nitrogens with zero attached hydrogens (tertiary/aromatic N) is 4. The molecule has 8 heteroatoms. The Morgan fingerprint density at radius 3 is 2.43 bits per heavy atom. The first-order valence-corrected chi connectivity index (χ1v) is 8.93. The number of rotatable bonds is 9. The SMILES string of the molecule is COc1cccc(OC)c1OC[C@@H](O)Cn1nnc(Cc2ccccc2C)n1. The summed E-state index contributed by atoms with van der Waals surface area (Å²) in [5, 5.41) is 22.7. The van der Waals surface area contributed by atoms with Crippen LogP contribution in [-0.2, 0) is 13.0 Å². The predicted octanol–water partition coefficient (Wildman–Crippen LogP) is 2.03. The highest BCUT2D eigenvalue weighted by atomic mass is 16.5. The van der Waals surface area contributed by atoms with Crippen molar-refractivity contribution in [2.24, 2.45) is 0 Å². The largest absolute Gasteiger partial charge is 0.493 e. The average molecular weight is 384 g/mol. The van der Waals surface area contributed by atoms with Crippen molar-refractivity contribution in [3.63, 3.8) is 0 Å². The van der Waals surface area contributed by atoms with E-state index in [1.54, 1.807) is 32.4 Å². The molecule has 0 fully saturated rings. The van der Waals surface area contributed by atoms with Crippen LogP contribution in [0.25, 0.3) is 0 Å². The second-order valence-corrected chi connectivity index (χ2v) is 6.32. The molecule has 0 aliphatic heterocycles. The number of benzene rings is 2. The fraction of sp³-hybridized carbons (Fsp3) is 0.350. The zero-order valence-electron chi connectivity index (χ0n) is 16.2. The molecular formula is C20H24N4O4. The van der Waals surface area contributed by atoms with Crippen molar-refractivity contribution in [2.45, 2.75) is 26.0 Å². The second-order valence-electron chi connectivity index (χ2n) is 6.32. The molecule has 0 amide bonds. The zero-order valence-corrected chi connectivity index (χ0v) is 16.2. The smallest absolute Gasteiger partial charge is 0.203 e. The molecule has 1 atom stereocenters. The van der Waals surface area contributed by atoms with E-state index in [1.807, 2.05) is 31.2 Å². The van der Waals surface area contributed by atoms with E-state index in [2.05, 4.69) is 15.4 Å². The van der Waals surface area contributed by atoms with E-state index in [9.17, 15) is 5.11 Å². The van der Waals surface area contributed by atoms with E-state index < -0.39 is 6.10 Å². The summed E-state index contributed by atoms with van der Waals surface area (Å²) in [5.74, 6) is 2.11. The molecule has 8 nitrogen and oxygen atoms in total. The molecule has 0 radical (unpaired) electrons. The molecule has 1 aromatic heterocycles. The van der Waals surface area contributed by atoms with Crippen molar-refractivity contribution >= 4 is 0 Å². The number of aliphatic hydroxyl groups is 1. The second kappa shape index (κ2) is 9.18. The van der Waals surface area contributed by atoms with Gasteiger partial charge in [0.25, 0.3) is 0 Å². The fourth-order valence-electron chi connectivity index (χ4n) is 2.78. The van der Waals surface area contributed by atoms with Crippen LogP contribution in [-0.4, -0.2) is 52.2 Å². The van der Waals surface area contributed by atoms with Crippen LogP contribution in [0.3, 0.4) is 0 Å². The summed E-state index contributed by atoms with van der Waals surface area (Å²) in [7, 11) is 3.10.